The first-order chi connectivity index (χ1) is 27.9. The lowest BCUT2D eigenvalue weighted by Gasteiger charge is -2.72. The van der Waals surface area contributed by atoms with Crippen LogP contribution in [0.1, 0.15) is 151 Å². The van der Waals surface area contributed by atoms with Gasteiger partial charge in [0.1, 0.15) is 6.04 Å². The smallest absolute Gasteiger partial charge is 0.328 e. The van der Waals surface area contributed by atoms with Crippen LogP contribution >= 0.6 is 0 Å². The van der Waals surface area contributed by atoms with Crippen LogP contribution in [0.25, 0.3) is 0 Å². The van der Waals surface area contributed by atoms with Crippen molar-refractivity contribution >= 4 is 23.7 Å². The van der Waals surface area contributed by atoms with Gasteiger partial charge in [0.05, 0.1) is 18.6 Å². The number of amides is 3. The van der Waals surface area contributed by atoms with Crippen LogP contribution < -0.4 is 16.0 Å². The van der Waals surface area contributed by atoms with Gasteiger partial charge in [0.25, 0.3) is 11.8 Å². The Morgan fingerprint density at radius 1 is 0.746 bits per heavy atom. The Kier molecular flexibility index (Phi) is 12.0. The number of carbonyl (C=O) groups excluding carboxylic acids is 4. The van der Waals surface area contributed by atoms with Gasteiger partial charge in [-0.25, -0.2) is 4.79 Å². The first-order valence-electron chi connectivity index (χ1n) is 22.7. The van der Waals surface area contributed by atoms with Gasteiger partial charge in [-0.3, -0.25) is 14.4 Å². The average molecular weight is 810 g/mol. The largest absolute Gasteiger partial charge is 0.467 e. The van der Waals surface area contributed by atoms with Gasteiger partial charge in [-0.2, -0.15) is 0 Å². The molecule has 7 rings (SSSR count). The molecule has 9 nitrogen and oxygen atoms in total. The number of aliphatic hydroxyl groups is 1. The number of aliphatic hydroxyl groups excluding tert-OH is 1. The second-order valence-corrected chi connectivity index (χ2v) is 21.0. The fourth-order valence-corrected chi connectivity index (χ4v) is 14.2. The molecule has 3 amide bonds. The molecule has 5 fully saturated rings. The maximum atomic E-state index is 14.4. The number of rotatable bonds is 11. The molecule has 0 aliphatic heterocycles. The summed E-state index contributed by atoms with van der Waals surface area (Å²) in [7, 11) is 1.30. The van der Waals surface area contributed by atoms with E-state index in [9.17, 15) is 24.3 Å². The first-order valence-corrected chi connectivity index (χ1v) is 22.7. The van der Waals surface area contributed by atoms with Gasteiger partial charge in [0, 0.05) is 24.2 Å². The first kappa shape index (κ1) is 43.4. The molecule has 322 valence electrons. The van der Waals surface area contributed by atoms with E-state index < -0.39 is 12.0 Å². The predicted molar refractivity (Wildman–Crippen MR) is 230 cm³/mol. The number of esters is 1. The summed E-state index contributed by atoms with van der Waals surface area (Å²) >= 11 is 0. The third-order valence-corrected chi connectivity index (χ3v) is 17.8. The normalized spacial score (nSPS) is 34.9. The second kappa shape index (κ2) is 16.3. The van der Waals surface area contributed by atoms with Gasteiger partial charge in [-0.05, 0) is 157 Å². The van der Waals surface area contributed by atoms with Crippen LogP contribution in [0.3, 0.4) is 0 Å². The van der Waals surface area contributed by atoms with E-state index in [4.69, 9.17) is 4.74 Å². The van der Waals surface area contributed by atoms with Crippen molar-refractivity contribution in [3.8, 4) is 0 Å². The predicted octanol–water partition coefficient (Wildman–Crippen LogP) is 8.42. The summed E-state index contributed by atoms with van der Waals surface area (Å²) in [6, 6.07) is 13.8. The number of methoxy groups -OCH3 is 1. The van der Waals surface area contributed by atoms with E-state index in [1.165, 1.54) is 32.8 Å². The molecule has 5 saturated carbocycles. The molecule has 0 spiro atoms. The Labute approximate surface area is 353 Å². The fourth-order valence-electron chi connectivity index (χ4n) is 14.2. The maximum Gasteiger partial charge on any atom is 0.328 e. The quantitative estimate of drug-likeness (QED) is 0.169. The third-order valence-electron chi connectivity index (χ3n) is 17.8. The van der Waals surface area contributed by atoms with E-state index in [1.807, 2.05) is 32.0 Å². The molecule has 0 saturated heterocycles. The Hall–Kier alpha value is -3.72. The summed E-state index contributed by atoms with van der Waals surface area (Å²) in [5.41, 5.74) is 3.21. The molecule has 0 aromatic heterocycles. The molecule has 5 aliphatic rings. The van der Waals surface area contributed by atoms with Crippen LogP contribution in [-0.4, -0.2) is 54.6 Å². The van der Waals surface area contributed by atoms with Crippen LogP contribution in [0, 0.1) is 56.7 Å². The monoisotopic (exact) mass is 810 g/mol. The lowest BCUT2D eigenvalue weighted by Crippen LogP contribution is -2.67. The Morgan fingerprint density at radius 3 is 2.20 bits per heavy atom. The Balaban J connectivity index is 0.934. The molecule has 9 unspecified atom stereocenters. The zero-order chi connectivity index (χ0) is 42.5. The third kappa shape index (κ3) is 7.43. The molecule has 59 heavy (non-hydrogen) atoms. The highest BCUT2D eigenvalue weighted by atomic mass is 16.5. The number of ether oxygens (including phenoxy) is 1. The van der Waals surface area contributed by atoms with Crippen molar-refractivity contribution in [1.29, 1.82) is 0 Å². The van der Waals surface area contributed by atoms with Crippen LogP contribution in [0.4, 0.5) is 0 Å². The topological polar surface area (TPSA) is 134 Å². The minimum Gasteiger partial charge on any atom is -0.467 e. The minimum absolute atomic E-state index is 0.0455. The maximum absolute atomic E-state index is 14.4. The zero-order valence-electron chi connectivity index (χ0n) is 37.0. The van der Waals surface area contributed by atoms with Gasteiger partial charge >= 0.3 is 5.97 Å². The van der Waals surface area contributed by atoms with Gasteiger partial charge in [-0.1, -0.05) is 79.2 Å². The van der Waals surface area contributed by atoms with E-state index in [0.29, 0.717) is 54.3 Å². The highest BCUT2D eigenvalue weighted by molar-refractivity contribution is 5.97. The van der Waals surface area contributed by atoms with Gasteiger partial charge in [-0.15, -0.1) is 0 Å². The van der Waals surface area contributed by atoms with Crippen molar-refractivity contribution in [1.82, 2.24) is 16.0 Å². The molecule has 0 bridgehead atoms. The Bertz CT molecular complexity index is 1910. The van der Waals surface area contributed by atoms with E-state index >= 15 is 0 Å². The molecule has 5 aliphatic carbocycles. The van der Waals surface area contributed by atoms with E-state index in [0.717, 1.165) is 56.1 Å². The van der Waals surface area contributed by atoms with Gasteiger partial charge < -0.3 is 25.8 Å². The van der Waals surface area contributed by atoms with E-state index in [-0.39, 0.29) is 56.8 Å². The molecular formula is C50H71N3O6. The average Bonchev–Trinajstić information content (AvgIpc) is 3.66. The lowest BCUT2D eigenvalue weighted by molar-refractivity contribution is -0.244. The molecular weight excluding hydrogens is 739 g/mol. The van der Waals surface area contributed by atoms with Crippen LogP contribution in [-0.2, 0) is 27.3 Å². The van der Waals surface area contributed by atoms with Crippen molar-refractivity contribution in [3.63, 3.8) is 0 Å². The second-order valence-electron chi connectivity index (χ2n) is 21.0. The summed E-state index contributed by atoms with van der Waals surface area (Å²) in [6.45, 7) is 17.0. The van der Waals surface area contributed by atoms with Crippen molar-refractivity contribution in [3.05, 3.63) is 70.8 Å². The fraction of sp³-hybridized carbons (Fsp3) is 0.680. The van der Waals surface area contributed by atoms with Crippen molar-refractivity contribution in [2.24, 2.45) is 56.7 Å². The van der Waals surface area contributed by atoms with Gasteiger partial charge in [0.2, 0.25) is 5.91 Å². The van der Waals surface area contributed by atoms with Gasteiger partial charge in [0.15, 0.2) is 0 Å². The molecule has 10 atom stereocenters. The lowest BCUT2D eigenvalue weighted by atomic mass is 9.32. The van der Waals surface area contributed by atoms with Crippen LogP contribution in [0.5, 0.6) is 0 Å². The number of hydrogen-bond acceptors (Lipinski definition) is 6. The number of fused-ring (bicyclic) bond motifs is 7. The number of benzene rings is 2. The molecule has 0 heterocycles. The Morgan fingerprint density at radius 2 is 1.49 bits per heavy atom. The highest BCUT2D eigenvalue weighted by Crippen LogP contribution is 2.76. The standard InChI is InChI=1S/C50H71N3O6/c1-31(2)41(44(57)59-8)53-43(56)34-16-14-33(15-17-34)30-52-42(55)35-12-9-11-32(29-35)22-28-51-45(58)50-23-10-13-37(50)36-18-19-39-47(5)24-21-40(54)46(3,4)38(47)20-25-49(39,7)48(36,6)26-27-50/h9,11-12,14-17,29,31,36-41,54H,10,13,18-28,30H2,1-8H3,(H,51,58)(H,52,55)(H,53,56)/t36?,37?,38?,39?,40?,41?,47?,48-,49?,50?/m1/s1. The van der Waals surface area contributed by atoms with Crippen LogP contribution in [0.15, 0.2) is 48.5 Å². The summed E-state index contributed by atoms with van der Waals surface area (Å²) < 4.78 is 4.83. The summed E-state index contributed by atoms with van der Waals surface area (Å²) in [5, 5.41) is 20.2. The van der Waals surface area contributed by atoms with Crippen LogP contribution in [0.2, 0.25) is 0 Å². The van der Waals surface area contributed by atoms with E-state index in [1.54, 1.807) is 30.3 Å². The summed E-state index contributed by atoms with van der Waals surface area (Å²) in [4.78, 5) is 52.5. The molecule has 4 N–H and O–H groups in total. The van der Waals surface area contributed by atoms with Crippen molar-refractivity contribution in [2.75, 3.05) is 13.7 Å². The number of carbonyl (C=O) groups is 4. The number of nitrogens with one attached hydrogen (secondary N) is 3. The molecule has 9 heteroatoms. The zero-order valence-corrected chi connectivity index (χ0v) is 37.0. The minimum atomic E-state index is -0.739. The van der Waals surface area contributed by atoms with E-state index in [2.05, 4.69) is 50.6 Å². The SMILES string of the molecule is COC(=O)C(NC(=O)c1ccc(CNC(=O)c2cccc(CCNC(=O)C34CCCC3C3CCC5C6(C)CCC(O)C(C)(C)C6CCC5(C)[C@]3(C)CC4)c2)cc1)C(C)C. The summed E-state index contributed by atoms with van der Waals surface area (Å²) in [6.07, 6.45) is 12.7. The molecule has 2 aromatic rings. The summed E-state index contributed by atoms with van der Waals surface area (Å²) in [5.74, 6) is 1.29. The van der Waals surface area contributed by atoms with Crippen molar-refractivity contribution < 1.29 is 29.0 Å². The molecule has 2 aromatic carbocycles. The van der Waals surface area contributed by atoms with Crippen molar-refractivity contribution in [2.45, 2.75) is 144 Å². The highest BCUT2D eigenvalue weighted by Gasteiger charge is 2.70. The molecule has 0 radical (unpaired) electrons. The number of hydrogen-bond donors (Lipinski definition) is 4.